The van der Waals surface area contributed by atoms with Crippen LogP contribution in [0.25, 0.3) is 0 Å². The Hall–Kier alpha value is -1.30. The second kappa shape index (κ2) is 5.36. The minimum atomic E-state index is -1.13. The van der Waals surface area contributed by atoms with E-state index in [1.54, 1.807) is 18.2 Å². The Morgan fingerprint density at radius 3 is 2.68 bits per heavy atom. The molecule has 1 aromatic rings. The molecule has 1 aliphatic heterocycles. The van der Waals surface area contributed by atoms with Crippen molar-refractivity contribution in [2.24, 2.45) is 0 Å². The lowest BCUT2D eigenvalue weighted by molar-refractivity contribution is -0.171. The Balaban J connectivity index is 2.43. The maximum Gasteiger partial charge on any atom is 0.335 e. The zero-order chi connectivity index (χ0) is 14.2. The first-order valence-electron chi connectivity index (χ1n) is 5.47. The Labute approximate surface area is 119 Å². The van der Waals surface area contributed by atoms with Gasteiger partial charge in [-0.2, -0.15) is 0 Å². The third-order valence-electron chi connectivity index (χ3n) is 3.01. The normalized spacial score (nSPS) is 23.5. The Morgan fingerprint density at radius 2 is 2.11 bits per heavy atom. The number of rotatable bonds is 2. The second-order valence-corrected chi connectivity index (χ2v) is 5.01. The highest BCUT2D eigenvalue weighted by Crippen LogP contribution is 2.33. The molecule has 19 heavy (non-hydrogen) atoms. The van der Waals surface area contributed by atoms with E-state index in [0.717, 1.165) is 0 Å². The van der Waals surface area contributed by atoms with Gasteiger partial charge in [-0.1, -0.05) is 29.3 Å². The summed E-state index contributed by atoms with van der Waals surface area (Å²) >= 11 is 11.7. The van der Waals surface area contributed by atoms with Crippen LogP contribution in [0.4, 0.5) is 0 Å². The van der Waals surface area contributed by atoms with Crippen molar-refractivity contribution in [1.82, 2.24) is 4.90 Å². The van der Waals surface area contributed by atoms with Gasteiger partial charge < -0.3 is 14.7 Å². The van der Waals surface area contributed by atoms with Crippen LogP contribution in [0.5, 0.6) is 0 Å². The van der Waals surface area contributed by atoms with Crippen molar-refractivity contribution in [1.29, 1.82) is 0 Å². The number of morpholine rings is 1. The van der Waals surface area contributed by atoms with Gasteiger partial charge in [-0.15, -0.1) is 0 Å². The molecule has 1 aromatic carbocycles. The highest BCUT2D eigenvalue weighted by molar-refractivity contribution is 6.42. The maximum atomic E-state index is 11.6. The summed E-state index contributed by atoms with van der Waals surface area (Å²) in [5.74, 6) is -1.41. The number of carbonyl (C=O) groups is 2. The molecule has 1 saturated heterocycles. The van der Waals surface area contributed by atoms with E-state index in [1.807, 2.05) is 0 Å². The zero-order valence-electron chi connectivity index (χ0n) is 9.97. The van der Waals surface area contributed by atoms with Gasteiger partial charge in [0.2, 0.25) is 5.91 Å². The number of carboxylic acids is 1. The van der Waals surface area contributed by atoms with Crippen LogP contribution in [0.3, 0.4) is 0 Å². The number of ether oxygens (including phenoxy) is 1. The van der Waals surface area contributed by atoms with E-state index in [4.69, 9.17) is 27.9 Å². The van der Waals surface area contributed by atoms with Gasteiger partial charge in [0.25, 0.3) is 0 Å². The van der Waals surface area contributed by atoms with Crippen molar-refractivity contribution in [2.75, 3.05) is 13.7 Å². The van der Waals surface area contributed by atoms with Crippen molar-refractivity contribution < 1.29 is 19.4 Å². The summed E-state index contributed by atoms with van der Waals surface area (Å²) in [4.78, 5) is 24.2. The van der Waals surface area contributed by atoms with E-state index in [-0.39, 0.29) is 12.5 Å². The van der Waals surface area contributed by atoms with Crippen LogP contribution in [0.2, 0.25) is 10.0 Å². The van der Waals surface area contributed by atoms with Crippen LogP contribution >= 0.6 is 23.2 Å². The van der Waals surface area contributed by atoms with E-state index in [1.165, 1.54) is 11.9 Å². The third kappa shape index (κ3) is 2.68. The largest absolute Gasteiger partial charge is 0.479 e. The minimum absolute atomic E-state index is 0.245. The predicted octanol–water partition coefficient (Wildman–Crippen LogP) is 1.98. The summed E-state index contributed by atoms with van der Waals surface area (Å²) in [6, 6.07) is 4.01. The van der Waals surface area contributed by atoms with Gasteiger partial charge in [0.15, 0.2) is 6.10 Å². The average Bonchev–Trinajstić information content (AvgIpc) is 2.35. The molecule has 2 atom stereocenters. The van der Waals surface area contributed by atoms with Gasteiger partial charge in [-0.25, -0.2) is 4.79 Å². The molecule has 2 rings (SSSR count). The first-order valence-corrected chi connectivity index (χ1v) is 6.22. The second-order valence-electron chi connectivity index (χ2n) is 4.19. The molecular formula is C12H11Cl2NO4. The number of halogens is 2. The van der Waals surface area contributed by atoms with Crippen LogP contribution in [-0.2, 0) is 14.3 Å². The van der Waals surface area contributed by atoms with Gasteiger partial charge in [-0.05, 0) is 17.7 Å². The molecular weight excluding hydrogens is 293 g/mol. The third-order valence-corrected chi connectivity index (χ3v) is 3.75. The lowest BCUT2D eigenvalue weighted by Crippen LogP contribution is -2.50. The maximum absolute atomic E-state index is 11.6. The summed E-state index contributed by atoms with van der Waals surface area (Å²) in [6.45, 7) is -0.245. The Bertz CT molecular complexity index is 534. The predicted molar refractivity (Wildman–Crippen MR) is 69.3 cm³/mol. The molecule has 1 fully saturated rings. The molecule has 5 nitrogen and oxygen atoms in total. The van der Waals surface area contributed by atoms with E-state index in [2.05, 4.69) is 0 Å². The molecule has 1 amide bonds. The number of carbonyl (C=O) groups excluding carboxylic acids is 1. The summed E-state index contributed by atoms with van der Waals surface area (Å²) in [6.07, 6.45) is -1.13. The Kier molecular flexibility index (Phi) is 3.99. The Morgan fingerprint density at radius 1 is 1.42 bits per heavy atom. The number of likely N-dealkylation sites (N-methyl/N-ethyl adjacent to an activating group) is 1. The number of benzene rings is 1. The van der Waals surface area contributed by atoms with E-state index in [9.17, 15) is 14.7 Å². The van der Waals surface area contributed by atoms with E-state index in [0.29, 0.717) is 15.6 Å². The fourth-order valence-corrected chi connectivity index (χ4v) is 2.32. The molecule has 0 saturated carbocycles. The number of hydrogen-bond acceptors (Lipinski definition) is 3. The fourth-order valence-electron chi connectivity index (χ4n) is 2.01. The van der Waals surface area contributed by atoms with Gasteiger partial charge in [-0.3, -0.25) is 4.79 Å². The van der Waals surface area contributed by atoms with E-state index >= 15 is 0 Å². The molecule has 0 bridgehead atoms. The molecule has 0 spiro atoms. The first kappa shape index (κ1) is 14.1. The zero-order valence-corrected chi connectivity index (χ0v) is 11.5. The van der Waals surface area contributed by atoms with Gasteiger partial charge in [0.1, 0.15) is 6.61 Å². The molecule has 1 heterocycles. The van der Waals surface area contributed by atoms with Crippen molar-refractivity contribution >= 4 is 35.1 Å². The van der Waals surface area contributed by atoms with Crippen LogP contribution in [-0.4, -0.2) is 41.6 Å². The summed E-state index contributed by atoms with van der Waals surface area (Å²) in [5.41, 5.74) is 0.567. The highest BCUT2D eigenvalue weighted by Gasteiger charge is 2.40. The fraction of sp³-hybridized carbons (Fsp3) is 0.333. The van der Waals surface area contributed by atoms with Crippen molar-refractivity contribution in [3.05, 3.63) is 33.8 Å². The van der Waals surface area contributed by atoms with Crippen LogP contribution in [0.1, 0.15) is 11.6 Å². The SMILES string of the molecule is CN1C(=O)COC(C(=O)O)C1c1ccc(Cl)c(Cl)c1. The summed E-state index contributed by atoms with van der Waals surface area (Å²) in [5, 5.41) is 9.84. The van der Waals surface area contributed by atoms with Crippen molar-refractivity contribution in [2.45, 2.75) is 12.1 Å². The quantitative estimate of drug-likeness (QED) is 0.907. The number of amides is 1. The van der Waals surface area contributed by atoms with Gasteiger partial charge in [0, 0.05) is 7.05 Å². The van der Waals surface area contributed by atoms with Gasteiger partial charge in [0.05, 0.1) is 16.1 Å². The number of carboxylic acid groups (broad SMARTS) is 1. The summed E-state index contributed by atoms with van der Waals surface area (Å²) < 4.78 is 5.09. The van der Waals surface area contributed by atoms with E-state index < -0.39 is 18.1 Å². The first-order chi connectivity index (χ1) is 8.91. The van der Waals surface area contributed by atoms with Crippen LogP contribution in [0.15, 0.2) is 18.2 Å². The minimum Gasteiger partial charge on any atom is -0.479 e. The molecule has 2 unspecified atom stereocenters. The smallest absolute Gasteiger partial charge is 0.335 e. The molecule has 102 valence electrons. The molecule has 0 aliphatic carbocycles. The molecule has 0 aromatic heterocycles. The van der Waals surface area contributed by atoms with Crippen molar-refractivity contribution in [3.63, 3.8) is 0 Å². The topological polar surface area (TPSA) is 66.8 Å². The standard InChI is InChI=1S/C12H11Cl2NO4/c1-15-9(16)5-19-11(12(17)18)10(15)6-2-3-7(13)8(14)4-6/h2-4,10-11H,5H2,1H3,(H,17,18). The molecule has 0 radical (unpaired) electrons. The number of nitrogens with zero attached hydrogens (tertiary/aromatic N) is 1. The van der Waals surface area contributed by atoms with Crippen LogP contribution < -0.4 is 0 Å². The number of hydrogen-bond donors (Lipinski definition) is 1. The monoisotopic (exact) mass is 303 g/mol. The summed E-state index contributed by atoms with van der Waals surface area (Å²) in [7, 11) is 1.54. The van der Waals surface area contributed by atoms with Crippen LogP contribution in [0, 0.1) is 0 Å². The molecule has 7 heteroatoms. The number of aliphatic carboxylic acids is 1. The molecule has 1 N–H and O–H groups in total. The van der Waals surface area contributed by atoms with Gasteiger partial charge >= 0.3 is 5.97 Å². The highest BCUT2D eigenvalue weighted by atomic mass is 35.5. The van der Waals surface area contributed by atoms with Crippen molar-refractivity contribution in [3.8, 4) is 0 Å². The lowest BCUT2D eigenvalue weighted by atomic mass is 9.98. The molecule has 1 aliphatic rings. The lowest BCUT2D eigenvalue weighted by Gasteiger charge is -2.37. The average molecular weight is 304 g/mol.